The second-order valence-electron chi connectivity index (χ2n) is 2.19. The van der Waals surface area contributed by atoms with E-state index in [9.17, 15) is 9.59 Å². The van der Waals surface area contributed by atoms with Crippen molar-refractivity contribution >= 4 is 11.8 Å². The van der Waals surface area contributed by atoms with E-state index in [1.54, 1.807) is 6.92 Å². The lowest BCUT2D eigenvalue weighted by Gasteiger charge is -2.05. The molecule has 56 valence electrons. The third kappa shape index (κ3) is 1.37. The molecule has 0 aromatic rings. The summed E-state index contributed by atoms with van der Waals surface area (Å²) in [4.78, 5) is 21.4. The zero-order valence-electron chi connectivity index (χ0n) is 5.92. The molecule has 11 heavy (non-hydrogen) atoms. The number of carbonyl (C=O) groups excluding carboxylic acids is 1. The Bertz CT molecular complexity index is 271. The Morgan fingerprint density at radius 3 is 2.64 bits per heavy atom. The lowest BCUT2D eigenvalue weighted by Crippen LogP contribution is -2.15. The van der Waals surface area contributed by atoms with Gasteiger partial charge in [-0.2, -0.15) is 0 Å². The maximum atomic E-state index is 11.0. The van der Waals surface area contributed by atoms with Gasteiger partial charge in [-0.15, -0.1) is 0 Å². The van der Waals surface area contributed by atoms with Crippen LogP contribution in [0.3, 0.4) is 0 Å². The topological polar surface area (TPSA) is 54.4 Å². The molecule has 1 N–H and O–H groups in total. The van der Waals surface area contributed by atoms with Crippen LogP contribution in [0.2, 0.25) is 0 Å². The van der Waals surface area contributed by atoms with Crippen LogP contribution in [-0.4, -0.2) is 16.9 Å². The van der Waals surface area contributed by atoms with Gasteiger partial charge in [0.1, 0.15) is 5.57 Å². The minimum atomic E-state index is -1.20. The first-order valence-corrected chi connectivity index (χ1v) is 3.04. The van der Waals surface area contributed by atoms with Crippen molar-refractivity contribution in [3.63, 3.8) is 0 Å². The Labute approximate surface area is 64.0 Å². The number of aliphatic carboxylic acids is 1. The SMILES string of the molecule is CC1=C[C]C=C(C(=O)O)C1=O. The molecule has 2 radical (unpaired) electrons. The molecule has 1 rings (SSSR count). The van der Waals surface area contributed by atoms with Crippen LogP contribution in [-0.2, 0) is 9.59 Å². The second kappa shape index (κ2) is 2.70. The summed E-state index contributed by atoms with van der Waals surface area (Å²) >= 11 is 0. The number of carboxylic acids is 1. The fourth-order valence-corrected chi connectivity index (χ4v) is 0.752. The summed E-state index contributed by atoms with van der Waals surface area (Å²) in [6.07, 6.45) is 5.22. The van der Waals surface area contributed by atoms with Gasteiger partial charge in [0.15, 0.2) is 5.78 Å². The van der Waals surface area contributed by atoms with Gasteiger partial charge in [0, 0.05) is 6.42 Å². The molecule has 0 heterocycles. The molecule has 3 heteroatoms. The van der Waals surface area contributed by atoms with Crippen LogP contribution in [0.25, 0.3) is 0 Å². The van der Waals surface area contributed by atoms with Gasteiger partial charge in [-0.05, 0) is 12.5 Å². The average Bonchev–Trinajstić information content (AvgIpc) is 1.94. The summed E-state index contributed by atoms with van der Waals surface area (Å²) in [7, 11) is 0. The summed E-state index contributed by atoms with van der Waals surface area (Å²) in [5, 5.41) is 8.47. The summed E-state index contributed by atoms with van der Waals surface area (Å²) in [5.41, 5.74) is 0.190. The first kappa shape index (κ1) is 7.72. The van der Waals surface area contributed by atoms with E-state index in [1.807, 2.05) is 0 Å². The maximum Gasteiger partial charge on any atom is 0.339 e. The Morgan fingerprint density at radius 1 is 1.55 bits per heavy atom. The molecule has 0 saturated carbocycles. The molecule has 0 unspecified atom stereocenters. The van der Waals surface area contributed by atoms with Crippen molar-refractivity contribution in [1.82, 2.24) is 0 Å². The monoisotopic (exact) mass is 150 g/mol. The standard InChI is InChI=1S/C8H6O3/c1-5-3-2-4-6(7(5)9)8(10)11/h3-4H,1H3,(H,10,11). The number of ketones is 1. The number of carbonyl (C=O) groups is 2. The van der Waals surface area contributed by atoms with Crippen molar-refractivity contribution in [3.05, 3.63) is 29.7 Å². The van der Waals surface area contributed by atoms with Crippen LogP contribution in [0.1, 0.15) is 6.92 Å². The molecule has 0 aliphatic heterocycles. The van der Waals surface area contributed by atoms with E-state index in [4.69, 9.17) is 5.11 Å². The molecule has 0 saturated heterocycles. The first-order chi connectivity index (χ1) is 5.13. The van der Waals surface area contributed by atoms with Gasteiger partial charge in [0.05, 0.1) is 0 Å². The first-order valence-electron chi connectivity index (χ1n) is 3.04. The van der Waals surface area contributed by atoms with Gasteiger partial charge < -0.3 is 5.11 Å². The van der Waals surface area contributed by atoms with E-state index in [0.717, 1.165) is 0 Å². The predicted molar refractivity (Wildman–Crippen MR) is 37.7 cm³/mol. The largest absolute Gasteiger partial charge is 0.478 e. The van der Waals surface area contributed by atoms with Gasteiger partial charge in [-0.1, -0.05) is 12.2 Å². The van der Waals surface area contributed by atoms with Crippen LogP contribution >= 0.6 is 0 Å². The highest BCUT2D eigenvalue weighted by atomic mass is 16.4. The van der Waals surface area contributed by atoms with Crippen molar-refractivity contribution in [2.75, 3.05) is 0 Å². The number of Topliss-reactive ketones (excluding diaryl/α,β-unsaturated/α-hetero) is 1. The van der Waals surface area contributed by atoms with Crippen molar-refractivity contribution in [2.45, 2.75) is 6.92 Å². The average molecular weight is 150 g/mol. The van der Waals surface area contributed by atoms with E-state index < -0.39 is 11.8 Å². The molecule has 1 aliphatic rings. The van der Waals surface area contributed by atoms with Crippen molar-refractivity contribution in [2.24, 2.45) is 0 Å². The number of rotatable bonds is 1. The Balaban J connectivity index is 2.93. The highest BCUT2D eigenvalue weighted by Crippen LogP contribution is 2.13. The van der Waals surface area contributed by atoms with Crippen LogP contribution in [0.4, 0.5) is 0 Å². The van der Waals surface area contributed by atoms with E-state index in [2.05, 4.69) is 6.42 Å². The minimum Gasteiger partial charge on any atom is -0.478 e. The molecule has 0 bridgehead atoms. The molecule has 0 fully saturated rings. The minimum absolute atomic E-state index is 0.218. The van der Waals surface area contributed by atoms with Crippen molar-refractivity contribution in [3.8, 4) is 0 Å². The van der Waals surface area contributed by atoms with Crippen LogP contribution in [0.5, 0.6) is 0 Å². The third-order valence-electron chi connectivity index (χ3n) is 1.36. The fraction of sp³-hybridized carbons (Fsp3) is 0.125. The molecule has 0 aromatic carbocycles. The van der Waals surface area contributed by atoms with Crippen molar-refractivity contribution < 1.29 is 14.7 Å². The van der Waals surface area contributed by atoms with Gasteiger partial charge in [-0.25, -0.2) is 4.79 Å². The van der Waals surface area contributed by atoms with Gasteiger partial charge in [0.25, 0.3) is 0 Å². The fourth-order valence-electron chi connectivity index (χ4n) is 0.752. The molecular weight excluding hydrogens is 144 g/mol. The van der Waals surface area contributed by atoms with Gasteiger partial charge >= 0.3 is 5.97 Å². The Hall–Kier alpha value is -1.38. The highest BCUT2D eigenvalue weighted by Gasteiger charge is 2.20. The quantitative estimate of drug-likeness (QED) is 0.557. The molecule has 0 aromatic heterocycles. The number of carboxylic acid groups (broad SMARTS) is 1. The van der Waals surface area contributed by atoms with Crippen molar-refractivity contribution in [1.29, 1.82) is 0 Å². The lowest BCUT2D eigenvalue weighted by atomic mass is 9.98. The van der Waals surface area contributed by atoms with Gasteiger partial charge in [0.2, 0.25) is 0 Å². The van der Waals surface area contributed by atoms with Crippen LogP contribution < -0.4 is 0 Å². The maximum absolute atomic E-state index is 11.0. The predicted octanol–water partition coefficient (Wildman–Crippen LogP) is 0.608. The van der Waals surface area contributed by atoms with Crippen LogP contribution in [0.15, 0.2) is 23.3 Å². The molecule has 3 nitrogen and oxygen atoms in total. The second-order valence-corrected chi connectivity index (χ2v) is 2.19. The van der Waals surface area contributed by atoms with Crippen LogP contribution in [0, 0.1) is 6.42 Å². The molecular formula is C8H6O3. The van der Waals surface area contributed by atoms with Gasteiger partial charge in [-0.3, -0.25) is 4.79 Å². The highest BCUT2D eigenvalue weighted by molar-refractivity contribution is 6.24. The number of hydrogen-bond acceptors (Lipinski definition) is 2. The molecule has 0 amide bonds. The molecule has 0 spiro atoms. The van der Waals surface area contributed by atoms with E-state index in [0.29, 0.717) is 5.57 Å². The Kier molecular flexibility index (Phi) is 1.89. The summed E-state index contributed by atoms with van der Waals surface area (Å²) in [6, 6.07) is 0. The summed E-state index contributed by atoms with van der Waals surface area (Å²) in [6.45, 7) is 1.56. The third-order valence-corrected chi connectivity index (χ3v) is 1.36. The zero-order chi connectivity index (χ0) is 8.43. The zero-order valence-corrected chi connectivity index (χ0v) is 5.92. The van der Waals surface area contributed by atoms with E-state index in [1.165, 1.54) is 12.2 Å². The number of allylic oxidation sites excluding steroid dienone is 3. The summed E-state index contributed by atoms with van der Waals surface area (Å²) < 4.78 is 0. The van der Waals surface area contributed by atoms with E-state index >= 15 is 0 Å². The smallest absolute Gasteiger partial charge is 0.339 e. The Morgan fingerprint density at radius 2 is 2.18 bits per heavy atom. The lowest BCUT2D eigenvalue weighted by molar-refractivity contribution is -0.134. The number of hydrogen-bond donors (Lipinski definition) is 1. The summed E-state index contributed by atoms with van der Waals surface area (Å²) in [5.74, 6) is -1.63. The molecule has 1 aliphatic carbocycles. The molecule has 0 atom stereocenters. The normalized spacial score (nSPS) is 17.4. The van der Waals surface area contributed by atoms with E-state index in [-0.39, 0.29) is 5.57 Å².